The van der Waals surface area contributed by atoms with Gasteiger partial charge >= 0.3 is 0 Å². The first-order valence-corrected chi connectivity index (χ1v) is 4.73. The van der Waals surface area contributed by atoms with Crippen LogP contribution in [0.2, 0.25) is 0 Å². The van der Waals surface area contributed by atoms with Crippen LogP contribution in [0, 0.1) is 0 Å². The van der Waals surface area contributed by atoms with Crippen molar-refractivity contribution in [2.24, 2.45) is 5.73 Å². The Morgan fingerprint density at radius 3 is 2.15 bits per heavy atom. The van der Waals surface area contributed by atoms with Gasteiger partial charge in [-0.2, -0.15) is 0 Å². The molecular weight excluding hydrogens is 174 g/mol. The van der Waals surface area contributed by atoms with Gasteiger partial charge in [0.2, 0.25) is 0 Å². The molecule has 13 heavy (non-hydrogen) atoms. The summed E-state index contributed by atoms with van der Waals surface area (Å²) in [6.45, 7) is 6.64. The Bertz CT molecular complexity index is 136. The lowest BCUT2D eigenvalue weighted by molar-refractivity contribution is 0.0313. The van der Waals surface area contributed by atoms with Crippen molar-refractivity contribution in [3.05, 3.63) is 0 Å². The van der Waals surface area contributed by atoms with Crippen LogP contribution < -0.4 is 5.73 Å². The summed E-state index contributed by atoms with van der Waals surface area (Å²) in [5, 5.41) is 0. The third-order valence-electron chi connectivity index (χ3n) is 2.70. The number of nitrogens with zero attached hydrogens (tertiary/aromatic N) is 1. The van der Waals surface area contributed by atoms with E-state index in [2.05, 4.69) is 0 Å². The normalized spacial score (nSPS) is 16.6. The molecule has 1 atom stereocenters. The summed E-state index contributed by atoms with van der Waals surface area (Å²) in [5.74, 6) is 0. The van der Waals surface area contributed by atoms with Gasteiger partial charge in [-0.1, -0.05) is 13.8 Å². The maximum atomic E-state index is 12.2. The Hall–Kier alpha value is -0.220. The number of halogens is 2. The van der Waals surface area contributed by atoms with Crippen molar-refractivity contribution in [1.29, 1.82) is 0 Å². The van der Waals surface area contributed by atoms with Crippen LogP contribution in [0.5, 0.6) is 0 Å². The zero-order valence-corrected chi connectivity index (χ0v) is 8.69. The topological polar surface area (TPSA) is 29.3 Å². The summed E-state index contributed by atoms with van der Waals surface area (Å²) in [6.07, 6.45) is -1.48. The molecule has 0 aliphatic carbocycles. The standard InChI is InChI=1S/C9H20F2N2/c1-4-9(3,7-12)13(5-2)6-8(10)11/h8H,4-7,12H2,1-3H3. The number of rotatable bonds is 6. The third kappa shape index (κ3) is 3.56. The lowest BCUT2D eigenvalue weighted by atomic mass is 9.96. The molecule has 0 rings (SSSR count). The van der Waals surface area contributed by atoms with Gasteiger partial charge in [0.05, 0.1) is 6.54 Å². The van der Waals surface area contributed by atoms with Gasteiger partial charge in [-0.05, 0) is 19.9 Å². The van der Waals surface area contributed by atoms with Crippen molar-refractivity contribution in [2.75, 3.05) is 19.6 Å². The quantitative estimate of drug-likeness (QED) is 0.697. The van der Waals surface area contributed by atoms with E-state index in [-0.39, 0.29) is 12.1 Å². The number of nitrogens with two attached hydrogens (primary N) is 1. The lowest BCUT2D eigenvalue weighted by Gasteiger charge is -2.39. The fourth-order valence-corrected chi connectivity index (χ4v) is 1.39. The molecule has 0 aliphatic heterocycles. The average Bonchev–Trinajstić information content (AvgIpc) is 2.12. The summed E-state index contributed by atoms with van der Waals surface area (Å²) < 4.78 is 24.4. The van der Waals surface area contributed by atoms with Crippen molar-refractivity contribution < 1.29 is 8.78 Å². The first-order valence-electron chi connectivity index (χ1n) is 4.73. The SMILES string of the molecule is CCN(CC(F)F)C(C)(CC)CN. The second-order valence-electron chi connectivity index (χ2n) is 3.48. The van der Waals surface area contributed by atoms with Crippen molar-refractivity contribution in [3.63, 3.8) is 0 Å². The Labute approximate surface area is 79.1 Å². The summed E-state index contributed by atoms with van der Waals surface area (Å²) in [6, 6.07) is 0. The zero-order valence-electron chi connectivity index (χ0n) is 8.69. The Morgan fingerprint density at radius 2 is 1.92 bits per heavy atom. The molecule has 80 valence electrons. The second-order valence-corrected chi connectivity index (χ2v) is 3.48. The van der Waals surface area contributed by atoms with E-state index in [0.29, 0.717) is 13.1 Å². The van der Waals surface area contributed by atoms with Crippen molar-refractivity contribution in [3.8, 4) is 0 Å². The number of alkyl halides is 2. The van der Waals surface area contributed by atoms with Crippen LogP contribution in [-0.4, -0.2) is 36.5 Å². The van der Waals surface area contributed by atoms with Crippen molar-refractivity contribution in [2.45, 2.75) is 39.2 Å². The van der Waals surface area contributed by atoms with Crippen LogP contribution in [-0.2, 0) is 0 Å². The van der Waals surface area contributed by atoms with Gasteiger partial charge in [-0.25, -0.2) is 8.78 Å². The van der Waals surface area contributed by atoms with Crippen molar-refractivity contribution >= 4 is 0 Å². The van der Waals surface area contributed by atoms with Crippen LogP contribution >= 0.6 is 0 Å². The van der Waals surface area contributed by atoms with Crippen molar-refractivity contribution in [1.82, 2.24) is 4.90 Å². The molecule has 0 saturated heterocycles. The minimum absolute atomic E-state index is 0.183. The van der Waals surface area contributed by atoms with Crippen LogP contribution in [0.4, 0.5) is 8.78 Å². The van der Waals surface area contributed by atoms with Gasteiger partial charge in [-0.15, -0.1) is 0 Å². The summed E-state index contributed by atoms with van der Waals surface area (Å²) in [5.41, 5.74) is 5.30. The molecule has 0 aliphatic rings. The molecule has 0 bridgehead atoms. The molecule has 4 heteroatoms. The van der Waals surface area contributed by atoms with E-state index in [1.54, 1.807) is 4.90 Å². The number of hydrogen-bond acceptors (Lipinski definition) is 2. The van der Waals surface area contributed by atoms with Gasteiger partial charge < -0.3 is 5.73 Å². The van der Waals surface area contributed by atoms with Gasteiger partial charge in [0.15, 0.2) is 0 Å². The minimum Gasteiger partial charge on any atom is -0.329 e. The molecule has 0 heterocycles. The smallest absolute Gasteiger partial charge is 0.251 e. The highest BCUT2D eigenvalue weighted by molar-refractivity contribution is 4.85. The number of hydrogen-bond donors (Lipinski definition) is 1. The molecular formula is C9H20F2N2. The number of likely N-dealkylation sites (N-methyl/N-ethyl adjacent to an activating group) is 1. The maximum Gasteiger partial charge on any atom is 0.251 e. The van der Waals surface area contributed by atoms with Gasteiger partial charge in [0.25, 0.3) is 6.43 Å². The highest BCUT2D eigenvalue weighted by Crippen LogP contribution is 2.18. The average molecular weight is 194 g/mol. The Kier molecular flexibility index (Phi) is 5.40. The molecule has 0 spiro atoms. The molecule has 0 fully saturated rings. The predicted octanol–water partition coefficient (Wildman–Crippen LogP) is 1.70. The van der Waals surface area contributed by atoms with Gasteiger partial charge in [0.1, 0.15) is 0 Å². The van der Waals surface area contributed by atoms with E-state index in [4.69, 9.17) is 5.73 Å². The van der Waals surface area contributed by atoms with E-state index in [1.165, 1.54) is 0 Å². The minimum atomic E-state index is -2.28. The first kappa shape index (κ1) is 12.8. The van der Waals surface area contributed by atoms with E-state index in [0.717, 1.165) is 6.42 Å². The van der Waals surface area contributed by atoms with Crippen LogP contribution in [0.15, 0.2) is 0 Å². The lowest BCUT2D eigenvalue weighted by Crippen LogP contribution is -2.52. The van der Waals surface area contributed by atoms with Crippen LogP contribution in [0.25, 0.3) is 0 Å². The molecule has 0 aromatic carbocycles. The molecule has 0 aromatic rings. The largest absolute Gasteiger partial charge is 0.329 e. The molecule has 0 amide bonds. The first-order chi connectivity index (χ1) is 6.00. The molecule has 1 unspecified atom stereocenters. The van der Waals surface area contributed by atoms with E-state index >= 15 is 0 Å². The van der Waals surface area contributed by atoms with Crippen LogP contribution in [0.1, 0.15) is 27.2 Å². The van der Waals surface area contributed by atoms with E-state index in [1.807, 2.05) is 20.8 Å². The molecule has 2 nitrogen and oxygen atoms in total. The summed E-state index contributed by atoms with van der Waals surface area (Å²) >= 11 is 0. The second kappa shape index (κ2) is 5.50. The van der Waals surface area contributed by atoms with Crippen LogP contribution in [0.3, 0.4) is 0 Å². The molecule has 0 radical (unpaired) electrons. The highest BCUT2D eigenvalue weighted by Gasteiger charge is 2.29. The molecule has 0 aromatic heterocycles. The monoisotopic (exact) mass is 194 g/mol. The summed E-state index contributed by atoms with van der Waals surface area (Å²) in [7, 11) is 0. The Balaban J connectivity index is 4.34. The predicted molar refractivity (Wildman–Crippen MR) is 51.0 cm³/mol. The zero-order chi connectivity index (χ0) is 10.5. The summed E-state index contributed by atoms with van der Waals surface area (Å²) in [4.78, 5) is 1.75. The molecule has 2 N–H and O–H groups in total. The third-order valence-corrected chi connectivity index (χ3v) is 2.70. The van der Waals surface area contributed by atoms with E-state index in [9.17, 15) is 8.78 Å². The van der Waals surface area contributed by atoms with Gasteiger partial charge in [0, 0.05) is 12.1 Å². The Morgan fingerprint density at radius 1 is 1.38 bits per heavy atom. The van der Waals surface area contributed by atoms with Gasteiger partial charge in [-0.3, -0.25) is 4.90 Å². The molecule has 0 saturated carbocycles. The fraction of sp³-hybridized carbons (Fsp3) is 1.00. The van der Waals surface area contributed by atoms with E-state index < -0.39 is 6.43 Å². The fourth-order valence-electron chi connectivity index (χ4n) is 1.39. The highest BCUT2D eigenvalue weighted by atomic mass is 19.3. The maximum absolute atomic E-state index is 12.2.